The molecule has 18 heavy (non-hydrogen) atoms. The Bertz CT molecular complexity index is 687. The highest BCUT2D eigenvalue weighted by Gasteiger charge is 2.10. The number of rotatable bonds is 2. The first-order valence-corrected chi connectivity index (χ1v) is 6.03. The van der Waals surface area contributed by atoms with Gasteiger partial charge >= 0.3 is 0 Å². The quantitative estimate of drug-likeness (QED) is 0.830. The number of aryl methyl sites for hydroxylation is 2. The van der Waals surface area contributed by atoms with Crippen molar-refractivity contribution < 1.29 is 0 Å². The van der Waals surface area contributed by atoms with E-state index >= 15 is 0 Å². The summed E-state index contributed by atoms with van der Waals surface area (Å²) in [6, 6.07) is 5.30. The Hall–Kier alpha value is -2.13. The minimum atomic E-state index is -0.212. The summed E-state index contributed by atoms with van der Waals surface area (Å²) in [5.74, 6) is 0. The first kappa shape index (κ1) is 12.3. The van der Waals surface area contributed by atoms with Crippen LogP contribution in [0.3, 0.4) is 0 Å². The number of hydrogen-bond donors (Lipinski definition) is 1. The van der Waals surface area contributed by atoms with Crippen LogP contribution in [0.25, 0.3) is 0 Å². The van der Waals surface area contributed by atoms with Gasteiger partial charge in [0.1, 0.15) is 11.1 Å². The molecule has 6 heteroatoms. The van der Waals surface area contributed by atoms with E-state index in [-0.39, 0.29) is 5.56 Å². The number of pyridine rings is 1. The van der Waals surface area contributed by atoms with Gasteiger partial charge in [0.15, 0.2) is 5.16 Å². The normalized spacial score (nSPS) is 10.1. The highest BCUT2D eigenvalue weighted by molar-refractivity contribution is 7.99. The summed E-state index contributed by atoms with van der Waals surface area (Å²) in [6.45, 7) is 3.59. The molecule has 0 fully saturated rings. The van der Waals surface area contributed by atoms with E-state index < -0.39 is 0 Å². The standard InChI is InChI=1S/C12H10N4OS/c1-7-3-4-14-11(9(7)6-13)18-12-15-8(2)5-10(17)16-12/h3-5H,1-2H3,(H,15,16,17). The van der Waals surface area contributed by atoms with Gasteiger partial charge in [0, 0.05) is 18.0 Å². The lowest BCUT2D eigenvalue weighted by Crippen LogP contribution is -2.08. The second-order valence-corrected chi connectivity index (χ2v) is 4.69. The molecule has 0 saturated heterocycles. The summed E-state index contributed by atoms with van der Waals surface area (Å²) < 4.78 is 0. The van der Waals surface area contributed by atoms with Crippen LogP contribution < -0.4 is 5.56 Å². The van der Waals surface area contributed by atoms with Crippen LogP contribution in [0.4, 0.5) is 0 Å². The second kappa shape index (κ2) is 5.02. The summed E-state index contributed by atoms with van der Waals surface area (Å²) in [5.41, 5.74) is 1.78. The zero-order chi connectivity index (χ0) is 13.1. The first-order chi connectivity index (χ1) is 8.60. The van der Waals surface area contributed by atoms with Gasteiger partial charge in [-0.1, -0.05) is 0 Å². The third-order valence-corrected chi connectivity index (χ3v) is 3.17. The maximum Gasteiger partial charge on any atom is 0.251 e. The third kappa shape index (κ3) is 2.57. The molecule has 1 N–H and O–H groups in total. The fraction of sp³-hybridized carbons (Fsp3) is 0.167. The van der Waals surface area contributed by atoms with Gasteiger partial charge in [-0.3, -0.25) is 4.79 Å². The van der Waals surface area contributed by atoms with Gasteiger partial charge in [-0.15, -0.1) is 0 Å². The molecular formula is C12H10N4OS. The van der Waals surface area contributed by atoms with E-state index in [0.29, 0.717) is 21.4 Å². The Morgan fingerprint density at radius 3 is 2.89 bits per heavy atom. The van der Waals surface area contributed by atoms with Crippen molar-refractivity contribution >= 4 is 11.8 Å². The molecule has 0 aliphatic heterocycles. The number of nitrogens with one attached hydrogen (secondary N) is 1. The minimum Gasteiger partial charge on any atom is -0.301 e. The maximum atomic E-state index is 11.3. The Morgan fingerprint density at radius 1 is 1.44 bits per heavy atom. The lowest BCUT2D eigenvalue weighted by Gasteiger charge is -2.04. The number of H-pyrrole nitrogens is 1. The molecule has 2 aromatic rings. The van der Waals surface area contributed by atoms with E-state index in [9.17, 15) is 4.79 Å². The molecule has 0 amide bonds. The smallest absolute Gasteiger partial charge is 0.251 e. The molecule has 90 valence electrons. The van der Waals surface area contributed by atoms with E-state index in [1.807, 2.05) is 6.92 Å². The van der Waals surface area contributed by atoms with Crippen LogP contribution in [0.2, 0.25) is 0 Å². The van der Waals surface area contributed by atoms with Gasteiger partial charge in [-0.25, -0.2) is 9.97 Å². The SMILES string of the molecule is Cc1cc(=O)[nH]c(Sc2nccc(C)c2C#N)n1. The van der Waals surface area contributed by atoms with E-state index in [4.69, 9.17) is 5.26 Å². The van der Waals surface area contributed by atoms with Gasteiger partial charge in [0.05, 0.1) is 5.56 Å². The predicted molar refractivity (Wildman–Crippen MR) is 67.4 cm³/mol. The van der Waals surface area contributed by atoms with Crippen LogP contribution in [0.5, 0.6) is 0 Å². The third-order valence-electron chi connectivity index (χ3n) is 2.28. The van der Waals surface area contributed by atoms with E-state index in [0.717, 1.165) is 5.56 Å². The molecule has 0 spiro atoms. The number of nitrogens with zero attached hydrogens (tertiary/aromatic N) is 3. The highest BCUT2D eigenvalue weighted by Crippen LogP contribution is 2.26. The summed E-state index contributed by atoms with van der Waals surface area (Å²) in [7, 11) is 0. The molecule has 0 atom stereocenters. The number of aromatic amines is 1. The summed E-state index contributed by atoms with van der Waals surface area (Å²) in [5, 5.41) is 10.1. The molecule has 5 nitrogen and oxygen atoms in total. The van der Waals surface area contributed by atoms with Gasteiger partial charge in [0.2, 0.25) is 0 Å². The Kier molecular flexibility index (Phi) is 3.44. The van der Waals surface area contributed by atoms with Crippen LogP contribution in [0, 0.1) is 25.2 Å². The Morgan fingerprint density at radius 2 is 2.22 bits per heavy atom. The average Bonchev–Trinajstić information content (AvgIpc) is 2.27. The molecule has 0 unspecified atom stereocenters. The van der Waals surface area contributed by atoms with Crippen molar-refractivity contribution in [3.63, 3.8) is 0 Å². The molecule has 0 saturated carbocycles. The Balaban J connectivity index is 2.44. The average molecular weight is 258 g/mol. The van der Waals surface area contributed by atoms with Gasteiger partial charge in [0.25, 0.3) is 5.56 Å². The molecule has 0 aliphatic carbocycles. The van der Waals surface area contributed by atoms with Crippen LogP contribution in [-0.4, -0.2) is 15.0 Å². The molecule has 2 rings (SSSR count). The minimum absolute atomic E-state index is 0.212. The lowest BCUT2D eigenvalue weighted by atomic mass is 10.2. The van der Waals surface area contributed by atoms with E-state index in [1.165, 1.54) is 17.8 Å². The van der Waals surface area contributed by atoms with Crippen molar-refractivity contribution in [1.82, 2.24) is 15.0 Å². The number of hydrogen-bond acceptors (Lipinski definition) is 5. The summed E-state index contributed by atoms with van der Waals surface area (Å²) >= 11 is 1.18. The Labute approximate surface area is 108 Å². The van der Waals surface area contributed by atoms with Gasteiger partial charge < -0.3 is 4.98 Å². The molecule has 0 aliphatic rings. The van der Waals surface area contributed by atoms with Crippen molar-refractivity contribution in [2.24, 2.45) is 0 Å². The van der Waals surface area contributed by atoms with Crippen LogP contribution in [0.1, 0.15) is 16.8 Å². The number of aromatic nitrogens is 3. The molecule has 0 aromatic carbocycles. The summed E-state index contributed by atoms with van der Waals surface area (Å²) in [6.07, 6.45) is 1.63. The van der Waals surface area contributed by atoms with E-state index in [2.05, 4.69) is 21.0 Å². The lowest BCUT2D eigenvalue weighted by molar-refractivity contribution is 0.901. The fourth-order valence-electron chi connectivity index (χ4n) is 1.44. The van der Waals surface area contributed by atoms with E-state index in [1.54, 1.807) is 19.2 Å². The number of nitriles is 1. The summed E-state index contributed by atoms with van der Waals surface area (Å²) in [4.78, 5) is 22.3. The first-order valence-electron chi connectivity index (χ1n) is 5.21. The van der Waals surface area contributed by atoms with Crippen molar-refractivity contribution in [1.29, 1.82) is 5.26 Å². The van der Waals surface area contributed by atoms with Crippen molar-refractivity contribution in [2.45, 2.75) is 24.0 Å². The zero-order valence-corrected chi connectivity index (χ0v) is 10.7. The molecular weight excluding hydrogens is 248 g/mol. The molecule has 2 aromatic heterocycles. The highest BCUT2D eigenvalue weighted by atomic mass is 32.2. The molecule has 0 radical (unpaired) electrons. The second-order valence-electron chi connectivity index (χ2n) is 3.71. The monoisotopic (exact) mass is 258 g/mol. The molecule has 0 bridgehead atoms. The van der Waals surface area contributed by atoms with Crippen LogP contribution >= 0.6 is 11.8 Å². The zero-order valence-electron chi connectivity index (χ0n) is 9.89. The van der Waals surface area contributed by atoms with Crippen LogP contribution in [-0.2, 0) is 0 Å². The molecule has 2 heterocycles. The van der Waals surface area contributed by atoms with Gasteiger partial charge in [-0.2, -0.15) is 5.26 Å². The predicted octanol–water partition coefficient (Wildman–Crippen LogP) is 1.80. The van der Waals surface area contributed by atoms with Crippen molar-refractivity contribution in [2.75, 3.05) is 0 Å². The maximum absolute atomic E-state index is 11.3. The van der Waals surface area contributed by atoms with Crippen molar-refractivity contribution in [3.8, 4) is 6.07 Å². The fourth-order valence-corrected chi connectivity index (χ4v) is 2.38. The largest absolute Gasteiger partial charge is 0.301 e. The van der Waals surface area contributed by atoms with Crippen molar-refractivity contribution in [3.05, 3.63) is 45.5 Å². The van der Waals surface area contributed by atoms with Crippen LogP contribution in [0.15, 0.2) is 33.3 Å². The topological polar surface area (TPSA) is 82.4 Å². The van der Waals surface area contributed by atoms with Gasteiger partial charge in [-0.05, 0) is 37.2 Å².